The van der Waals surface area contributed by atoms with Gasteiger partial charge in [0.2, 0.25) is 41.4 Å². The Hall–Kier alpha value is -8.79. The van der Waals surface area contributed by atoms with Gasteiger partial charge in [-0.15, -0.1) is 10.2 Å². The summed E-state index contributed by atoms with van der Waals surface area (Å²) in [5.74, 6) is -17.8. The molecule has 0 saturated heterocycles. The van der Waals surface area contributed by atoms with Gasteiger partial charge in [-0.05, 0) is 70.6 Å². The number of hydrogen-bond donors (Lipinski definition) is 15. The van der Waals surface area contributed by atoms with Gasteiger partial charge in [0, 0.05) is 63.5 Å². The van der Waals surface area contributed by atoms with Crippen LogP contribution in [0, 0.1) is 0 Å². The molecule has 2 heterocycles. The third-order valence-corrected chi connectivity index (χ3v) is 12.0. The summed E-state index contributed by atoms with van der Waals surface area (Å²) in [6.45, 7) is 0.319. The molecule has 0 bridgehead atoms. The van der Waals surface area contributed by atoms with Crippen LogP contribution in [0.5, 0.6) is 0 Å². The van der Waals surface area contributed by atoms with Gasteiger partial charge in [-0.1, -0.05) is 10.4 Å². The summed E-state index contributed by atoms with van der Waals surface area (Å²) in [7, 11) is 0. The number of thiol groups is 1. The number of carboxylic acids is 7. The Kier molecular flexibility index (Phi) is 31.4. The number of rotatable bonds is 44. The van der Waals surface area contributed by atoms with E-state index in [4.69, 9.17) is 10.2 Å². The Balaban J connectivity index is 2.07. The third kappa shape index (κ3) is 29.4. The van der Waals surface area contributed by atoms with Crippen LogP contribution in [0.1, 0.15) is 121 Å². The molecule has 454 valence electrons. The standard InChI is InChI=1S/C47H69N13O21S/c61-34(12-2-5-17-59-23-26(55-57-59)9-7-14-36(63)64)49-30(20-39(69)70)44(77)52-29(19-38(67)68)42(75)48-16-4-1-11-28(43(76)54-33(25-82)47(80)81)51-46(79)32(22-41(73)74)53-45(78)31(21-40(71)72)50-35(62)13-3-6-18-60-24-27(56-58-60)10-8-15-37(65)66/h23-24,28-33,82H,1-22,25H2,(H,48,75)(H,49,61)(H,50,62)(H,51,79)(H,52,77)(H,53,78)(H,54,76)(H,63,64)(H,65,66)(H,67,68)(H,69,70)(H,71,72)(H,73,74)(H,80,81)/t28-,29-,30-,31-,32-,33-/m0/s1. The van der Waals surface area contributed by atoms with E-state index in [1.165, 1.54) is 9.36 Å². The first-order valence-electron chi connectivity index (χ1n) is 25.8. The SMILES string of the molecule is O=C(O)CCCc1cn(CCCCC(=O)N[C@@H](CC(=O)O)C(=O)N[C@@H](CC(=O)O)C(=O)NCCCC[C@H](NC(=O)[C@H](CC(=O)O)NC(=O)[C@H](CC(=O)O)NC(=O)CCCCn2cc(CCCC(=O)O)nn2)C(=O)N[C@@H](CS)C(=O)O)nn1. The van der Waals surface area contributed by atoms with E-state index in [0.29, 0.717) is 63.0 Å². The van der Waals surface area contributed by atoms with Crippen molar-refractivity contribution in [1.29, 1.82) is 0 Å². The van der Waals surface area contributed by atoms with E-state index in [1.807, 2.05) is 0 Å². The van der Waals surface area contributed by atoms with Gasteiger partial charge in [-0.25, -0.2) is 4.79 Å². The van der Waals surface area contributed by atoms with Crippen molar-refractivity contribution in [2.24, 2.45) is 0 Å². The fourth-order valence-electron chi connectivity index (χ4n) is 7.51. The molecule has 0 fully saturated rings. The van der Waals surface area contributed by atoms with Crippen LogP contribution >= 0.6 is 12.6 Å². The fraction of sp³-hybridized carbons (Fsp3) is 0.617. The van der Waals surface area contributed by atoms with Crippen molar-refractivity contribution < 1.29 is 103 Å². The van der Waals surface area contributed by atoms with Crippen molar-refractivity contribution in [3.8, 4) is 0 Å². The summed E-state index contributed by atoms with van der Waals surface area (Å²) >= 11 is 3.90. The van der Waals surface area contributed by atoms with Crippen LogP contribution < -0.4 is 37.2 Å². The first kappa shape index (κ1) is 69.3. The highest BCUT2D eigenvalue weighted by molar-refractivity contribution is 7.80. The van der Waals surface area contributed by atoms with Crippen molar-refractivity contribution in [2.45, 2.75) is 171 Å². The van der Waals surface area contributed by atoms with E-state index in [2.05, 4.69) is 70.5 Å². The van der Waals surface area contributed by atoms with Crippen molar-refractivity contribution in [3.63, 3.8) is 0 Å². The molecule has 34 nitrogen and oxygen atoms in total. The molecular formula is C47H69N13O21S. The molecule has 0 unspecified atom stereocenters. The third-order valence-electron chi connectivity index (χ3n) is 11.6. The van der Waals surface area contributed by atoms with Gasteiger partial charge in [0.15, 0.2) is 0 Å². The monoisotopic (exact) mass is 1180 g/mol. The molecule has 2 aromatic heterocycles. The molecular weight excluding hydrogens is 1110 g/mol. The van der Waals surface area contributed by atoms with Gasteiger partial charge in [0.1, 0.15) is 36.3 Å². The van der Waals surface area contributed by atoms with E-state index >= 15 is 0 Å². The minimum atomic E-state index is -2.02. The summed E-state index contributed by atoms with van der Waals surface area (Å²) in [6, 6.07) is -10.7. The number of aromatic nitrogens is 6. The number of nitrogens with one attached hydrogen (secondary N) is 7. The lowest BCUT2D eigenvalue weighted by Gasteiger charge is -2.25. The molecule has 2 rings (SSSR count). The number of unbranched alkanes of at least 4 members (excludes halogenated alkanes) is 3. The second-order valence-corrected chi connectivity index (χ2v) is 18.9. The molecule has 6 atom stereocenters. The van der Waals surface area contributed by atoms with Gasteiger partial charge >= 0.3 is 41.8 Å². The van der Waals surface area contributed by atoms with Crippen LogP contribution in [0.3, 0.4) is 0 Å². The molecule has 7 amide bonds. The average molecular weight is 1180 g/mol. The smallest absolute Gasteiger partial charge is 0.327 e. The van der Waals surface area contributed by atoms with E-state index in [0.717, 1.165) is 0 Å². The first-order chi connectivity index (χ1) is 38.8. The zero-order valence-electron chi connectivity index (χ0n) is 44.4. The number of amides is 7. The van der Waals surface area contributed by atoms with Crippen molar-refractivity contribution in [3.05, 3.63) is 23.8 Å². The molecule has 0 aliphatic heterocycles. The van der Waals surface area contributed by atoms with Crippen LogP contribution in [0.15, 0.2) is 12.4 Å². The number of hydrogen-bond acceptors (Lipinski definition) is 19. The zero-order valence-corrected chi connectivity index (χ0v) is 45.3. The number of aryl methyl sites for hydroxylation is 4. The molecule has 0 spiro atoms. The Bertz CT molecular complexity index is 2560. The Morgan fingerprint density at radius 3 is 1.16 bits per heavy atom. The maximum absolute atomic E-state index is 13.6. The van der Waals surface area contributed by atoms with Crippen LogP contribution in [0.2, 0.25) is 0 Å². The van der Waals surface area contributed by atoms with E-state index in [-0.39, 0.29) is 64.3 Å². The molecule has 2 aromatic rings. The lowest BCUT2D eigenvalue weighted by molar-refractivity contribution is -0.143. The minimum Gasteiger partial charge on any atom is -0.481 e. The summed E-state index contributed by atoms with van der Waals surface area (Å²) in [6.07, 6.45) is 0.739. The quantitative estimate of drug-likeness (QED) is 0.0230. The number of carboxylic acid groups (broad SMARTS) is 7. The first-order valence-corrected chi connectivity index (χ1v) is 26.4. The van der Waals surface area contributed by atoms with Gasteiger partial charge < -0.3 is 73.0 Å². The Morgan fingerprint density at radius 1 is 0.415 bits per heavy atom. The van der Waals surface area contributed by atoms with Gasteiger partial charge in [0.05, 0.1) is 37.1 Å². The maximum atomic E-state index is 13.6. The van der Waals surface area contributed by atoms with E-state index in [1.54, 1.807) is 12.4 Å². The second kappa shape index (κ2) is 37.2. The van der Waals surface area contributed by atoms with Crippen molar-refractivity contribution >= 4 is 95.8 Å². The average Bonchev–Trinajstić information content (AvgIpc) is 4.06. The summed E-state index contributed by atoms with van der Waals surface area (Å²) in [5.41, 5.74) is 1.13. The largest absolute Gasteiger partial charge is 0.481 e. The molecule has 0 radical (unpaired) electrons. The highest BCUT2D eigenvalue weighted by atomic mass is 32.1. The molecule has 14 N–H and O–H groups in total. The Labute approximate surface area is 472 Å². The van der Waals surface area contributed by atoms with Crippen molar-refractivity contribution in [1.82, 2.24) is 67.2 Å². The summed E-state index contributed by atoms with van der Waals surface area (Å²) in [4.78, 5) is 173. The molecule has 82 heavy (non-hydrogen) atoms. The molecule has 0 aromatic carbocycles. The lowest BCUT2D eigenvalue weighted by Crippen LogP contribution is -2.58. The molecule has 0 aliphatic carbocycles. The normalized spacial score (nSPS) is 13.1. The number of carbonyl (C=O) groups excluding carboxylic acids is 7. The highest BCUT2D eigenvalue weighted by Crippen LogP contribution is 2.10. The predicted octanol–water partition coefficient (Wildman–Crippen LogP) is -3.17. The molecule has 35 heteroatoms. The van der Waals surface area contributed by atoms with Crippen LogP contribution in [-0.4, -0.2) is 197 Å². The van der Waals surface area contributed by atoms with Crippen LogP contribution in [0.25, 0.3) is 0 Å². The highest BCUT2D eigenvalue weighted by Gasteiger charge is 2.34. The Morgan fingerprint density at radius 2 is 0.780 bits per heavy atom. The topological polar surface area (TPSA) is 526 Å². The minimum absolute atomic E-state index is 0.0424. The number of nitrogens with zero attached hydrogens (tertiary/aromatic N) is 6. The van der Waals surface area contributed by atoms with Gasteiger partial charge in [-0.3, -0.25) is 71.7 Å². The summed E-state index contributed by atoms with van der Waals surface area (Å²) in [5, 5.41) is 96.5. The zero-order chi connectivity index (χ0) is 61.3. The second-order valence-electron chi connectivity index (χ2n) is 18.5. The molecule has 0 saturated carbocycles. The predicted molar refractivity (Wildman–Crippen MR) is 278 cm³/mol. The van der Waals surface area contributed by atoms with Crippen LogP contribution in [0.4, 0.5) is 0 Å². The van der Waals surface area contributed by atoms with Crippen molar-refractivity contribution in [2.75, 3.05) is 12.3 Å². The van der Waals surface area contributed by atoms with E-state index in [9.17, 15) is 92.7 Å². The van der Waals surface area contributed by atoms with Gasteiger partial charge in [0.25, 0.3) is 0 Å². The summed E-state index contributed by atoms with van der Waals surface area (Å²) < 4.78 is 2.97. The van der Waals surface area contributed by atoms with E-state index < -0.39 is 151 Å². The number of carbonyl (C=O) groups is 14. The number of aliphatic carboxylic acids is 7. The molecule has 0 aliphatic rings. The lowest BCUT2D eigenvalue weighted by atomic mass is 10.1. The maximum Gasteiger partial charge on any atom is 0.327 e. The fourth-order valence-corrected chi connectivity index (χ4v) is 7.75. The van der Waals surface area contributed by atoms with Crippen LogP contribution in [-0.2, 0) is 93.1 Å². The van der Waals surface area contributed by atoms with Gasteiger partial charge in [-0.2, -0.15) is 12.6 Å².